The highest BCUT2D eigenvalue weighted by Gasteiger charge is 2.22. The molecule has 0 atom stereocenters. The van der Waals surface area contributed by atoms with Gasteiger partial charge in [0.2, 0.25) is 5.75 Å². The Morgan fingerprint density at radius 2 is 2.19 bits per heavy atom. The van der Waals surface area contributed by atoms with E-state index < -0.39 is 4.92 Å². The average molecular weight is 288 g/mol. The van der Waals surface area contributed by atoms with Gasteiger partial charge in [0.1, 0.15) is 0 Å². The molecule has 0 saturated carbocycles. The van der Waals surface area contributed by atoms with Crippen molar-refractivity contribution < 1.29 is 14.5 Å². The fourth-order valence-corrected chi connectivity index (χ4v) is 1.69. The van der Waals surface area contributed by atoms with Crippen LogP contribution in [0.15, 0.2) is 12.1 Å². The van der Waals surface area contributed by atoms with Gasteiger partial charge in [-0.05, 0) is 18.6 Å². The van der Waals surface area contributed by atoms with Gasteiger partial charge in [0, 0.05) is 6.07 Å². The van der Waals surface area contributed by atoms with Crippen LogP contribution < -0.4 is 4.74 Å². The van der Waals surface area contributed by atoms with Crippen molar-refractivity contribution >= 4 is 27.4 Å². The molecule has 6 heteroatoms. The van der Waals surface area contributed by atoms with Gasteiger partial charge in [-0.25, -0.2) is 0 Å². The third kappa shape index (κ3) is 2.38. The van der Waals surface area contributed by atoms with Crippen LogP contribution in [0.3, 0.4) is 0 Å². The normalized spacial score (nSPS) is 9.94. The first-order chi connectivity index (χ1) is 7.51. The molecule has 0 unspecified atom stereocenters. The zero-order chi connectivity index (χ0) is 12.3. The molecule has 0 aliphatic heterocycles. The van der Waals surface area contributed by atoms with Crippen molar-refractivity contribution in [2.75, 3.05) is 12.4 Å². The number of carbonyl (C=O) groups is 1. The van der Waals surface area contributed by atoms with Crippen molar-refractivity contribution in [2.24, 2.45) is 0 Å². The fraction of sp³-hybridized carbons (Fsp3) is 0.300. The Kier molecular flexibility index (Phi) is 4.00. The highest BCUT2D eigenvalue weighted by Crippen LogP contribution is 2.32. The summed E-state index contributed by atoms with van der Waals surface area (Å²) < 4.78 is 4.93. The molecule has 0 aromatic heterocycles. The molecule has 0 bridgehead atoms. The summed E-state index contributed by atoms with van der Waals surface area (Å²) in [6.45, 7) is 1.69. The molecule has 86 valence electrons. The summed E-state index contributed by atoms with van der Waals surface area (Å²) in [4.78, 5) is 21.8. The lowest BCUT2D eigenvalue weighted by molar-refractivity contribution is -0.385. The largest absolute Gasteiger partial charge is 0.490 e. The van der Waals surface area contributed by atoms with Crippen LogP contribution in [0.1, 0.15) is 15.9 Å². The van der Waals surface area contributed by atoms with E-state index in [0.717, 1.165) is 0 Å². The van der Waals surface area contributed by atoms with Crippen LogP contribution in [0.2, 0.25) is 0 Å². The second-order valence-corrected chi connectivity index (χ2v) is 3.74. The molecular weight excluding hydrogens is 278 g/mol. The second kappa shape index (κ2) is 5.07. The quantitative estimate of drug-likeness (QED) is 0.369. The first-order valence-electron chi connectivity index (χ1n) is 4.43. The van der Waals surface area contributed by atoms with E-state index in [-0.39, 0.29) is 28.1 Å². The van der Waals surface area contributed by atoms with E-state index in [1.165, 1.54) is 13.2 Å². The molecule has 0 aliphatic rings. The molecule has 0 aliphatic carbocycles. The number of carbonyl (C=O) groups excluding carboxylic acids is 1. The monoisotopic (exact) mass is 287 g/mol. The van der Waals surface area contributed by atoms with E-state index in [0.29, 0.717) is 5.56 Å². The van der Waals surface area contributed by atoms with Gasteiger partial charge in [-0.1, -0.05) is 15.9 Å². The van der Waals surface area contributed by atoms with Crippen LogP contribution in [-0.4, -0.2) is 23.1 Å². The Balaban J connectivity index is 3.48. The molecule has 16 heavy (non-hydrogen) atoms. The van der Waals surface area contributed by atoms with Gasteiger partial charge < -0.3 is 4.74 Å². The predicted molar refractivity (Wildman–Crippen MR) is 62.5 cm³/mol. The van der Waals surface area contributed by atoms with Gasteiger partial charge >= 0.3 is 5.69 Å². The molecule has 1 aromatic rings. The molecule has 0 radical (unpaired) electrons. The molecular formula is C10H10BrNO4. The van der Waals surface area contributed by atoms with Crippen molar-refractivity contribution in [3.05, 3.63) is 33.4 Å². The molecule has 1 rings (SSSR count). The van der Waals surface area contributed by atoms with E-state index in [2.05, 4.69) is 15.9 Å². The number of hydrogen-bond acceptors (Lipinski definition) is 4. The third-order valence-electron chi connectivity index (χ3n) is 2.04. The number of ketones is 1. The highest BCUT2D eigenvalue weighted by atomic mass is 79.9. The molecule has 1 aromatic carbocycles. The summed E-state index contributed by atoms with van der Waals surface area (Å²) in [7, 11) is 1.31. The zero-order valence-corrected chi connectivity index (χ0v) is 10.4. The van der Waals surface area contributed by atoms with Crippen molar-refractivity contribution in [3.63, 3.8) is 0 Å². The lowest BCUT2D eigenvalue weighted by Crippen LogP contribution is -2.06. The summed E-state index contributed by atoms with van der Waals surface area (Å²) in [5, 5.41) is 10.9. The summed E-state index contributed by atoms with van der Waals surface area (Å²) in [5.41, 5.74) is 0.690. The number of hydrogen-bond donors (Lipinski definition) is 0. The van der Waals surface area contributed by atoms with Crippen molar-refractivity contribution in [3.8, 4) is 5.75 Å². The van der Waals surface area contributed by atoms with E-state index in [1.54, 1.807) is 13.0 Å². The Bertz CT molecular complexity index is 445. The number of ether oxygens (including phenoxy) is 1. The highest BCUT2D eigenvalue weighted by molar-refractivity contribution is 9.09. The Morgan fingerprint density at radius 1 is 1.56 bits per heavy atom. The molecule has 5 nitrogen and oxygen atoms in total. The maximum absolute atomic E-state index is 11.6. The summed E-state index contributed by atoms with van der Waals surface area (Å²) in [6, 6.07) is 2.96. The first kappa shape index (κ1) is 12.6. The molecule has 0 fully saturated rings. The molecule has 0 amide bonds. The summed E-state index contributed by atoms with van der Waals surface area (Å²) >= 11 is 3.03. The average Bonchev–Trinajstić information content (AvgIpc) is 2.26. The minimum Gasteiger partial charge on any atom is -0.490 e. The number of aryl methyl sites for hydroxylation is 1. The maximum atomic E-state index is 11.6. The van der Waals surface area contributed by atoms with E-state index in [1.807, 2.05) is 0 Å². The molecule has 0 spiro atoms. The number of rotatable bonds is 4. The maximum Gasteiger partial charge on any atom is 0.311 e. The minimum atomic E-state index is -0.559. The Morgan fingerprint density at radius 3 is 2.62 bits per heavy atom. The number of benzene rings is 1. The molecule has 0 N–H and O–H groups in total. The topological polar surface area (TPSA) is 69.4 Å². The predicted octanol–water partition coefficient (Wildman–Crippen LogP) is 2.49. The van der Waals surface area contributed by atoms with Crippen molar-refractivity contribution in [2.45, 2.75) is 6.92 Å². The number of Topliss-reactive ketones (excluding diaryl/α,β-unsaturated/α-hetero) is 1. The summed E-state index contributed by atoms with van der Waals surface area (Å²) in [6.07, 6.45) is 0. The van der Waals surface area contributed by atoms with Gasteiger partial charge in [0.05, 0.1) is 22.9 Å². The van der Waals surface area contributed by atoms with Crippen LogP contribution in [0.5, 0.6) is 5.75 Å². The summed E-state index contributed by atoms with van der Waals surface area (Å²) in [5.74, 6) is -0.233. The number of halogens is 1. The lowest BCUT2D eigenvalue weighted by Gasteiger charge is -2.08. The van der Waals surface area contributed by atoms with Crippen LogP contribution in [0.25, 0.3) is 0 Å². The minimum absolute atomic E-state index is 0.0139. The third-order valence-corrected chi connectivity index (χ3v) is 2.55. The van der Waals surface area contributed by atoms with E-state index in [4.69, 9.17) is 4.74 Å². The van der Waals surface area contributed by atoms with Gasteiger partial charge in [0.25, 0.3) is 0 Å². The van der Waals surface area contributed by atoms with Gasteiger partial charge in [-0.3, -0.25) is 14.9 Å². The number of alkyl halides is 1. The number of nitrogens with zero attached hydrogens (tertiary/aromatic N) is 1. The number of nitro benzene ring substituents is 1. The molecule has 0 heterocycles. The first-order valence-corrected chi connectivity index (χ1v) is 5.55. The van der Waals surface area contributed by atoms with E-state index in [9.17, 15) is 14.9 Å². The van der Waals surface area contributed by atoms with Gasteiger partial charge in [-0.2, -0.15) is 0 Å². The standard InChI is InChI=1S/C10H10BrNO4/c1-6-3-7(9(13)5-11)10(16-2)8(4-6)12(14)15/h3-4H,5H2,1-2H3. The Hall–Kier alpha value is -1.43. The number of methoxy groups -OCH3 is 1. The van der Waals surface area contributed by atoms with Crippen LogP contribution in [0.4, 0.5) is 5.69 Å². The second-order valence-electron chi connectivity index (χ2n) is 3.18. The van der Waals surface area contributed by atoms with E-state index >= 15 is 0 Å². The van der Waals surface area contributed by atoms with Crippen LogP contribution in [0, 0.1) is 17.0 Å². The SMILES string of the molecule is COc1c(C(=O)CBr)cc(C)cc1[N+](=O)[O-]. The number of nitro groups is 1. The fourth-order valence-electron chi connectivity index (χ4n) is 1.38. The Labute approximate surface area is 101 Å². The van der Waals surface area contributed by atoms with Crippen LogP contribution >= 0.6 is 15.9 Å². The van der Waals surface area contributed by atoms with Crippen molar-refractivity contribution in [1.82, 2.24) is 0 Å². The van der Waals surface area contributed by atoms with Crippen LogP contribution in [-0.2, 0) is 0 Å². The smallest absolute Gasteiger partial charge is 0.311 e. The zero-order valence-electron chi connectivity index (χ0n) is 8.82. The van der Waals surface area contributed by atoms with Gasteiger partial charge in [0.15, 0.2) is 5.78 Å². The molecule has 0 saturated heterocycles. The lowest BCUT2D eigenvalue weighted by atomic mass is 10.1. The van der Waals surface area contributed by atoms with Crippen molar-refractivity contribution in [1.29, 1.82) is 0 Å². The van der Waals surface area contributed by atoms with Gasteiger partial charge in [-0.15, -0.1) is 0 Å².